The van der Waals surface area contributed by atoms with E-state index in [9.17, 15) is 13.6 Å². The number of pyridine rings is 2. The molecule has 1 N–H and O–H groups in total. The van der Waals surface area contributed by atoms with Crippen LogP contribution in [0.3, 0.4) is 0 Å². The molecule has 8 heteroatoms. The Hall–Kier alpha value is -3.58. The molecule has 0 fully saturated rings. The molecular formula is C23H16ClF2N3O2. The first-order chi connectivity index (χ1) is 15.0. The SMILES string of the molecule is O=C(NCc1cccc(OC(F)F)c1)c1cc(-c2cccc(Cl)c2)nc2ccncc12. The van der Waals surface area contributed by atoms with Crippen molar-refractivity contribution >= 4 is 28.4 Å². The van der Waals surface area contributed by atoms with Gasteiger partial charge in [0.05, 0.1) is 16.8 Å². The molecule has 0 saturated heterocycles. The molecule has 2 aromatic carbocycles. The summed E-state index contributed by atoms with van der Waals surface area (Å²) in [6.45, 7) is -2.78. The second kappa shape index (κ2) is 9.06. The number of benzene rings is 2. The molecule has 0 spiro atoms. The highest BCUT2D eigenvalue weighted by atomic mass is 35.5. The lowest BCUT2D eigenvalue weighted by atomic mass is 10.0. The van der Waals surface area contributed by atoms with Gasteiger partial charge in [0.1, 0.15) is 5.75 Å². The second-order valence-corrected chi connectivity index (χ2v) is 7.10. The van der Waals surface area contributed by atoms with Crippen molar-refractivity contribution in [1.82, 2.24) is 15.3 Å². The molecule has 2 aromatic heterocycles. The zero-order valence-electron chi connectivity index (χ0n) is 16.1. The maximum absolute atomic E-state index is 13.0. The van der Waals surface area contributed by atoms with Crippen LogP contribution in [-0.2, 0) is 6.54 Å². The molecule has 4 aromatic rings. The fraction of sp³-hybridized carbons (Fsp3) is 0.0870. The summed E-state index contributed by atoms with van der Waals surface area (Å²) in [4.78, 5) is 21.7. The van der Waals surface area contributed by atoms with Gasteiger partial charge in [-0.3, -0.25) is 9.78 Å². The molecule has 0 bridgehead atoms. The first-order valence-corrected chi connectivity index (χ1v) is 9.70. The molecule has 0 saturated carbocycles. The van der Waals surface area contributed by atoms with Crippen molar-refractivity contribution < 1.29 is 18.3 Å². The van der Waals surface area contributed by atoms with E-state index in [1.165, 1.54) is 12.1 Å². The number of hydrogen-bond acceptors (Lipinski definition) is 4. The Kier molecular flexibility index (Phi) is 6.04. The van der Waals surface area contributed by atoms with Crippen LogP contribution in [0.2, 0.25) is 5.02 Å². The normalized spacial score (nSPS) is 11.0. The van der Waals surface area contributed by atoms with Gasteiger partial charge < -0.3 is 10.1 Å². The number of hydrogen-bond donors (Lipinski definition) is 1. The molecule has 2 heterocycles. The predicted molar refractivity (Wildman–Crippen MR) is 114 cm³/mol. The smallest absolute Gasteiger partial charge is 0.387 e. The molecule has 0 aliphatic heterocycles. The lowest BCUT2D eigenvalue weighted by Gasteiger charge is -2.11. The topological polar surface area (TPSA) is 64.1 Å². The molecule has 5 nitrogen and oxygen atoms in total. The van der Waals surface area contributed by atoms with E-state index in [-0.39, 0.29) is 18.2 Å². The van der Waals surface area contributed by atoms with Gasteiger partial charge in [0.25, 0.3) is 5.91 Å². The molecule has 4 rings (SSSR count). The van der Waals surface area contributed by atoms with Gasteiger partial charge in [-0.25, -0.2) is 4.98 Å². The lowest BCUT2D eigenvalue weighted by Crippen LogP contribution is -2.23. The quantitative estimate of drug-likeness (QED) is 0.432. The lowest BCUT2D eigenvalue weighted by molar-refractivity contribution is -0.0498. The van der Waals surface area contributed by atoms with Gasteiger partial charge in [0.2, 0.25) is 0 Å². The van der Waals surface area contributed by atoms with E-state index < -0.39 is 6.61 Å². The highest BCUT2D eigenvalue weighted by Crippen LogP contribution is 2.26. The monoisotopic (exact) mass is 439 g/mol. The van der Waals surface area contributed by atoms with Gasteiger partial charge in [-0.05, 0) is 42.0 Å². The number of ether oxygens (including phenoxy) is 1. The number of aromatic nitrogens is 2. The summed E-state index contributed by atoms with van der Waals surface area (Å²) in [6, 6.07) is 16.8. The highest BCUT2D eigenvalue weighted by Gasteiger charge is 2.15. The van der Waals surface area contributed by atoms with Crippen LogP contribution in [0.25, 0.3) is 22.2 Å². The van der Waals surface area contributed by atoms with Gasteiger partial charge in [-0.2, -0.15) is 8.78 Å². The van der Waals surface area contributed by atoms with E-state index in [1.54, 1.807) is 48.8 Å². The minimum absolute atomic E-state index is 0.0311. The Balaban J connectivity index is 1.63. The van der Waals surface area contributed by atoms with Crippen molar-refractivity contribution in [3.05, 3.63) is 89.2 Å². The van der Waals surface area contributed by atoms with Crippen molar-refractivity contribution in [2.75, 3.05) is 0 Å². The van der Waals surface area contributed by atoms with Gasteiger partial charge in [0, 0.05) is 34.9 Å². The third-order valence-electron chi connectivity index (χ3n) is 4.55. The number of nitrogens with one attached hydrogen (secondary N) is 1. The summed E-state index contributed by atoms with van der Waals surface area (Å²) >= 11 is 6.10. The maximum Gasteiger partial charge on any atom is 0.387 e. The molecule has 0 atom stereocenters. The van der Waals surface area contributed by atoms with Gasteiger partial charge in [-0.15, -0.1) is 0 Å². The van der Waals surface area contributed by atoms with Crippen LogP contribution in [-0.4, -0.2) is 22.5 Å². The Bertz CT molecular complexity index is 1250. The summed E-state index contributed by atoms with van der Waals surface area (Å²) < 4.78 is 29.3. The molecule has 1 amide bonds. The van der Waals surface area contributed by atoms with E-state index >= 15 is 0 Å². The molecule has 0 aliphatic carbocycles. The Morgan fingerprint density at radius 2 is 1.94 bits per heavy atom. The minimum atomic E-state index is -2.91. The number of halogens is 3. The van der Waals surface area contributed by atoms with Gasteiger partial charge in [-0.1, -0.05) is 35.9 Å². The van der Waals surface area contributed by atoms with E-state index in [4.69, 9.17) is 11.6 Å². The van der Waals surface area contributed by atoms with Crippen LogP contribution in [0.4, 0.5) is 8.78 Å². The number of alkyl halides is 2. The Morgan fingerprint density at radius 3 is 2.74 bits per heavy atom. The fourth-order valence-corrected chi connectivity index (χ4v) is 3.35. The van der Waals surface area contributed by atoms with E-state index in [2.05, 4.69) is 20.0 Å². The number of carbonyl (C=O) groups is 1. The van der Waals surface area contributed by atoms with Crippen molar-refractivity contribution in [3.63, 3.8) is 0 Å². The van der Waals surface area contributed by atoms with Crippen LogP contribution < -0.4 is 10.1 Å². The van der Waals surface area contributed by atoms with E-state index in [1.807, 2.05) is 12.1 Å². The van der Waals surface area contributed by atoms with Crippen LogP contribution in [0.5, 0.6) is 5.75 Å². The largest absolute Gasteiger partial charge is 0.435 e. The standard InChI is InChI=1S/C23H16ClF2N3O2/c24-16-5-2-4-15(10-16)21-11-18(19-13-27-8-7-20(19)29-21)22(30)28-12-14-3-1-6-17(9-14)31-23(25)26/h1-11,13,23H,12H2,(H,28,30). The van der Waals surface area contributed by atoms with Crippen LogP contribution >= 0.6 is 11.6 Å². The third-order valence-corrected chi connectivity index (χ3v) is 4.79. The van der Waals surface area contributed by atoms with Crippen LogP contribution in [0.15, 0.2) is 73.1 Å². The summed E-state index contributed by atoms with van der Waals surface area (Å²) in [5.41, 5.74) is 3.01. The molecule has 0 unspecified atom stereocenters. The van der Waals surface area contributed by atoms with Crippen LogP contribution in [0, 0.1) is 0 Å². The van der Waals surface area contributed by atoms with E-state index in [0.29, 0.717) is 32.7 Å². The second-order valence-electron chi connectivity index (χ2n) is 6.67. The molecule has 0 aliphatic rings. The number of carbonyl (C=O) groups excluding carboxylic acids is 1. The summed E-state index contributed by atoms with van der Waals surface area (Å²) in [5, 5.41) is 3.97. The zero-order chi connectivity index (χ0) is 21.8. The van der Waals surface area contributed by atoms with Gasteiger partial charge >= 0.3 is 6.61 Å². The third kappa shape index (κ3) is 4.95. The van der Waals surface area contributed by atoms with Crippen molar-refractivity contribution in [1.29, 1.82) is 0 Å². The molecule has 156 valence electrons. The summed E-state index contributed by atoms with van der Waals surface area (Å²) in [5.74, 6) is -0.313. The Morgan fingerprint density at radius 1 is 1.10 bits per heavy atom. The minimum Gasteiger partial charge on any atom is -0.435 e. The van der Waals surface area contributed by atoms with Crippen molar-refractivity contribution in [2.45, 2.75) is 13.2 Å². The summed E-state index contributed by atoms with van der Waals surface area (Å²) in [7, 11) is 0. The predicted octanol–water partition coefficient (Wildman–Crippen LogP) is 5.48. The average Bonchev–Trinajstić information content (AvgIpc) is 2.76. The number of fused-ring (bicyclic) bond motifs is 1. The number of nitrogens with zero attached hydrogens (tertiary/aromatic N) is 2. The number of rotatable bonds is 6. The first kappa shape index (κ1) is 20.7. The average molecular weight is 440 g/mol. The van der Waals surface area contributed by atoms with Crippen LogP contribution in [0.1, 0.15) is 15.9 Å². The first-order valence-electron chi connectivity index (χ1n) is 9.32. The number of amides is 1. The molecular weight excluding hydrogens is 424 g/mol. The van der Waals surface area contributed by atoms with Crippen molar-refractivity contribution in [2.24, 2.45) is 0 Å². The zero-order valence-corrected chi connectivity index (χ0v) is 16.8. The fourth-order valence-electron chi connectivity index (χ4n) is 3.16. The van der Waals surface area contributed by atoms with E-state index in [0.717, 1.165) is 5.56 Å². The Labute approximate surface area is 181 Å². The van der Waals surface area contributed by atoms with Crippen molar-refractivity contribution in [3.8, 4) is 17.0 Å². The highest BCUT2D eigenvalue weighted by molar-refractivity contribution is 6.30. The summed E-state index contributed by atoms with van der Waals surface area (Å²) in [6.07, 6.45) is 3.18. The molecule has 0 radical (unpaired) electrons. The van der Waals surface area contributed by atoms with Gasteiger partial charge in [0.15, 0.2) is 0 Å². The molecule has 31 heavy (non-hydrogen) atoms. The maximum atomic E-state index is 13.0.